The van der Waals surface area contributed by atoms with Crippen molar-refractivity contribution in [3.63, 3.8) is 0 Å². The van der Waals surface area contributed by atoms with E-state index in [4.69, 9.17) is 4.74 Å². The van der Waals surface area contributed by atoms with Gasteiger partial charge in [0.15, 0.2) is 0 Å². The second-order valence-electron chi connectivity index (χ2n) is 6.03. The first-order chi connectivity index (χ1) is 9.77. The number of hydrogen-bond acceptors (Lipinski definition) is 3. The Morgan fingerprint density at radius 1 is 1.38 bits per heavy atom. The first-order valence-electron chi connectivity index (χ1n) is 6.81. The molecule has 1 fully saturated rings. The number of hydrogen-bond donors (Lipinski definition) is 1. The number of carbonyl (C=O) groups excluding carboxylic acids is 2. The Hall–Kier alpha value is -1.56. The minimum absolute atomic E-state index is 0.00628. The summed E-state index contributed by atoms with van der Waals surface area (Å²) >= 11 is 3.51. The van der Waals surface area contributed by atoms with Crippen LogP contribution in [0.15, 0.2) is 22.7 Å². The third kappa shape index (κ3) is 3.97. The van der Waals surface area contributed by atoms with Gasteiger partial charge < -0.3 is 10.1 Å². The van der Waals surface area contributed by atoms with Gasteiger partial charge in [0.2, 0.25) is 5.91 Å². The number of nitrogens with one attached hydrogen (secondary N) is 1. The SMILES string of the molecule is CC(C)(C)c1ccc(OC(=O)N2CCNC(=O)C2)cc1Br. The van der Waals surface area contributed by atoms with Gasteiger partial charge in [-0.2, -0.15) is 0 Å². The second kappa shape index (κ2) is 6.05. The van der Waals surface area contributed by atoms with Gasteiger partial charge in [0.1, 0.15) is 12.3 Å². The molecule has 0 atom stereocenters. The molecule has 0 unspecified atom stereocenters. The number of halogens is 1. The molecule has 0 spiro atoms. The van der Waals surface area contributed by atoms with Crippen LogP contribution >= 0.6 is 15.9 Å². The van der Waals surface area contributed by atoms with Crippen molar-refractivity contribution in [3.05, 3.63) is 28.2 Å². The van der Waals surface area contributed by atoms with E-state index in [0.717, 1.165) is 10.0 Å². The molecule has 0 bridgehead atoms. The molecule has 114 valence electrons. The molecule has 1 N–H and O–H groups in total. The van der Waals surface area contributed by atoms with Crippen LogP contribution in [0, 0.1) is 0 Å². The maximum Gasteiger partial charge on any atom is 0.415 e. The maximum atomic E-state index is 12.0. The monoisotopic (exact) mass is 354 g/mol. The summed E-state index contributed by atoms with van der Waals surface area (Å²) in [5.41, 5.74) is 1.14. The Labute approximate surface area is 132 Å². The third-order valence-electron chi connectivity index (χ3n) is 3.25. The van der Waals surface area contributed by atoms with Gasteiger partial charge in [-0.3, -0.25) is 9.69 Å². The predicted molar refractivity (Wildman–Crippen MR) is 83.4 cm³/mol. The Balaban J connectivity index is 2.08. The van der Waals surface area contributed by atoms with Gasteiger partial charge in [-0.1, -0.05) is 42.8 Å². The van der Waals surface area contributed by atoms with Crippen LogP contribution in [0.2, 0.25) is 0 Å². The van der Waals surface area contributed by atoms with Crippen LogP contribution in [0.5, 0.6) is 5.75 Å². The van der Waals surface area contributed by atoms with Gasteiger partial charge in [0.05, 0.1) is 0 Å². The van der Waals surface area contributed by atoms with Gasteiger partial charge in [0.25, 0.3) is 0 Å². The second-order valence-corrected chi connectivity index (χ2v) is 6.89. The fourth-order valence-electron chi connectivity index (χ4n) is 2.13. The van der Waals surface area contributed by atoms with Gasteiger partial charge in [-0.05, 0) is 23.1 Å². The molecule has 5 nitrogen and oxygen atoms in total. The lowest BCUT2D eigenvalue weighted by Gasteiger charge is -2.26. The summed E-state index contributed by atoms with van der Waals surface area (Å²) in [5, 5.41) is 2.67. The van der Waals surface area contributed by atoms with E-state index in [0.29, 0.717) is 18.8 Å². The number of benzene rings is 1. The molecule has 21 heavy (non-hydrogen) atoms. The van der Waals surface area contributed by atoms with Crippen LogP contribution in [-0.4, -0.2) is 36.5 Å². The van der Waals surface area contributed by atoms with Crippen molar-refractivity contribution in [2.24, 2.45) is 0 Å². The van der Waals surface area contributed by atoms with E-state index in [-0.39, 0.29) is 17.9 Å². The lowest BCUT2D eigenvalue weighted by molar-refractivity contribution is -0.123. The first kappa shape index (κ1) is 15.8. The van der Waals surface area contributed by atoms with E-state index in [9.17, 15) is 9.59 Å². The molecule has 2 amide bonds. The number of ether oxygens (including phenoxy) is 1. The number of rotatable bonds is 1. The average Bonchev–Trinajstić information content (AvgIpc) is 2.37. The molecule has 2 rings (SSSR count). The minimum Gasteiger partial charge on any atom is -0.410 e. The zero-order chi connectivity index (χ0) is 15.6. The van der Waals surface area contributed by atoms with Crippen LogP contribution in [-0.2, 0) is 10.2 Å². The Morgan fingerprint density at radius 2 is 2.10 bits per heavy atom. The van der Waals surface area contributed by atoms with Crippen LogP contribution in [0.1, 0.15) is 26.3 Å². The number of amides is 2. The molecule has 0 radical (unpaired) electrons. The zero-order valence-electron chi connectivity index (χ0n) is 12.4. The molecular formula is C15H19BrN2O3. The molecule has 0 saturated carbocycles. The van der Waals surface area contributed by atoms with Crippen molar-refractivity contribution in [2.45, 2.75) is 26.2 Å². The highest BCUT2D eigenvalue weighted by atomic mass is 79.9. The average molecular weight is 355 g/mol. The summed E-state index contributed by atoms with van der Waals surface area (Å²) in [6.45, 7) is 7.31. The van der Waals surface area contributed by atoms with Gasteiger partial charge >= 0.3 is 6.09 Å². The molecule has 1 aliphatic heterocycles. The molecule has 1 aromatic rings. The summed E-state index contributed by atoms with van der Waals surface area (Å²) in [7, 11) is 0. The summed E-state index contributed by atoms with van der Waals surface area (Å²) in [5.74, 6) is 0.299. The van der Waals surface area contributed by atoms with Crippen molar-refractivity contribution in [1.82, 2.24) is 10.2 Å². The summed E-state index contributed by atoms with van der Waals surface area (Å²) in [6, 6.07) is 5.49. The molecule has 1 aromatic carbocycles. The fourth-order valence-corrected chi connectivity index (χ4v) is 3.08. The fraction of sp³-hybridized carbons (Fsp3) is 0.467. The van der Waals surface area contributed by atoms with Crippen LogP contribution < -0.4 is 10.1 Å². The number of nitrogens with zero attached hydrogens (tertiary/aromatic N) is 1. The molecular weight excluding hydrogens is 336 g/mol. The highest BCUT2D eigenvalue weighted by Gasteiger charge is 2.23. The maximum absolute atomic E-state index is 12.0. The van der Waals surface area contributed by atoms with E-state index in [1.165, 1.54) is 4.90 Å². The highest BCUT2D eigenvalue weighted by Crippen LogP contribution is 2.32. The standard InChI is InChI=1S/C15H19BrN2O3/c1-15(2,3)11-5-4-10(8-12(11)16)21-14(20)18-7-6-17-13(19)9-18/h4-5,8H,6-7,9H2,1-3H3,(H,17,19). The smallest absolute Gasteiger partial charge is 0.410 e. The van der Waals surface area contributed by atoms with E-state index >= 15 is 0 Å². The molecule has 6 heteroatoms. The van der Waals surface area contributed by atoms with Crippen molar-refractivity contribution in [1.29, 1.82) is 0 Å². The van der Waals surface area contributed by atoms with Gasteiger partial charge in [-0.15, -0.1) is 0 Å². The summed E-state index contributed by atoms with van der Waals surface area (Å²) in [4.78, 5) is 24.7. The quantitative estimate of drug-likeness (QED) is 0.843. The number of piperazine rings is 1. The molecule has 0 aliphatic carbocycles. The third-order valence-corrected chi connectivity index (χ3v) is 3.91. The molecule has 1 aliphatic rings. The molecule has 1 heterocycles. The van der Waals surface area contributed by atoms with Crippen molar-refractivity contribution < 1.29 is 14.3 Å². The van der Waals surface area contributed by atoms with Gasteiger partial charge in [-0.25, -0.2) is 4.79 Å². The topological polar surface area (TPSA) is 58.6 Å². The summed E-state index contributed by atoms with van der Waals surface area (Å²) in [6.07, 6.45) is -0.500. The predicted octanol–water partition coefficient (Wildman–Crippen LogP) is 2.68. The minimum atomic E-state index is -0.500. The van der Waals surface area contributed by atoms with Crippen LogP contribution in [0.4, 0.5) is 4.79 Å². The van der Waals surface area contributed by atoms with E-state index < -0.39 is 6.09 Å². The first-order valence-corrected chi connectivity index (χ1v) is 7.60. The normalized spacial score (nSPS) is 15.6. The van der Waals surface area contributed by atoms with E-state index in [1.54, 1.807) is 12.1 Å². The van der Waals surface area contributed by atoms with E-state index in [2.05, 4.69) is 42.0 Å². The highest BCUT2D eigenvalue weighted by molar-refractivity contribution is 9.10. The lowest BCUT2D eigenvalue weighted by atomic mass is 9.87. The van der Waals surface area contributed by atoms with Crippen molar-refractivity contribution in [2.75, 3.05) is 19.6 Å². The van der Waals surface area contributed by atoms with E-state index in [1.807, 2.05) is 6.07 Å². The Bertz CT molecular complexity index is 567. The Morgan fingerprint density at radius 3 is 2.67 bits per heavy atom. The number of carbonyl (C=O) groups is 2. The molecule has 1 saturated heterocycles. The van der Waals surface area contributed by atoms with Crippen molar-refractivity contribution >= 4 is 27.9 Å². The van der Waals surface area contributed by atoms with Gasteiger partial charge in [0, 0.05) is 17.6 Å². The largest absolute Gasteiger partial charge is 0.415 e. The van der Waals surface area contributed by atoms with Crippen LogP contribution in [0.25, 0.3) is 0 Å². The lowest BCUT2D eigenvalue weighted by Crippen LogP contribution is -2.50. The van der Waals surface area contributed by atoms with Crippen LogP contribution in [0.3, 0.4) is 0 Å². The summed E-state index contributed by atoms with van der Waals surface area (Å²) < 4.78 is 6.23. The Kier molecular flexibility index (Phi) is 4.56. The zero-order valence-corrected chi connectivity index (χ0v) is 14.0. The van der Waals surface area contributed by atoms with Crippen molar-refractivity contribution in [3.8, 4) is 5.75 Å². The molecule has 0 aromatic heterocycles.